The van der Waals surface area contributed by atoms with Crippen LogP contribution >= 0.6 is 0 Å². The van der Waals surface area contributed by atoms with Crippen molar-refractivity contribution in [1.29, 1.82) is 0 Å². The smallest absolute Gasteiger partial charge is 0.380 e. The van der Waals surface area contributed by atoms with Gasteiger partial charge in [0.15, 0.2) is 5.84 Å². The molecule has 5 atom stereocenters. The number of nitrogens with one attached hydrogen (secondary N) is 1. The summed E-state index contributed by atoms with van der Waals surface area (Å²) < 4.78 is 84.5. The first-order valence-electron chi connectivity index (χ1n) is 12.3. The largest absolute Gasteiger partial charge is 0.389 e. The normalized spacial score (nSPS) is 32.1. The van der Waals surface area contributed by atoms with Gasteiger partial charge in [-0.25, -0.2) is 8.78 Å². The fourth-order valence-electron chi connectivity index (χ4n) is 6.53. The van der Waals surface area contributed by atoms with E-state index in [-0.39, 0.29) is 29.8 Å². The monoisotopic (exact) mass is 513 g/mol. The predicted molar refractivity (Wildman–Crippen MR) is 124 cm³/mol. The van der Waals surface area contributed by atoms with Crippen LogP contribution in [0.1, 0.15) is 31.2 Å². The number of benzene rings is 1. The average molecular weight is 514 g/mol. The molecular weight excluding hydrogens is 484 g/mol. The lowest BCUT2D eigenvalue weighted by Gasteiger charge is -2.49. The fraction of sp³-hybridized carbons (Fsp3) is 0.640. The van der Waals surface area contributed by atoms with Gasteiger partial charge in [0.1, 0.15) is 11.6 Å². The summed E-state index contributed by atoms with van der Waals surface area (Å²) in [5.41, 5.74) is -0.972. The molecule has 3 unspecified atom stereocenters. The molecule has 0 radical (unpaired) electrons. The highest BCUT2D eigenvalue weighted by Gasteiger charge is 2.57. The summed E-state index contributed by atoms with van der Waals surface area (Å²) in [5.74, 6) is -4.30. The molecule has 1 saturated heterocycles. The van der Waals surface area contributed by atoms with E-state index in [4.69, 9.17) is 0 Å². The van der Waals surface area contributed by atoms with Gasteiger partial charge in [-0.15, -0.1) is 5.11 Å². The lowest BCUT2D eigenvalue weighted by atomic mass is 9.55. The van der Waals surface area contributed by atoms with Gasteiger partial charge in [0.25, 0.3) is 0 Å². The van der Waals surface area contributed by atoms with E-state index < -0.39 is 54.1 Å². The summed E-state index contributed by atoms with van der Waals surface area (Å²) in [6.07, 6.45) is -2.00. The molecule has 0 aromatic heterocycles. The number of allylic oxidation sites excluding steroid dienone is 1. The summed E-state index contributed by atoms with van der Waals surface area (Å²) in [6, 6.07) is 2.28. The molecule has 1 aromatic carbocycles. The molecule has 1 aromatic rings. The number of azo groups is 1. The minimum atomic E-state index is -4.51. The van der Waals surface area contributed by atoms with Crippen LogP contribution in [0, 0.1) is 34.8 Å². The zero-order valence-electron chi connectivity index (χ0n) is 19.9. The summed E-state index contributed by atoms with van der Waals surface area (Å²) >= 11 is 0. The molecule has 196 valence electrons. The molecule has 1 N–H and O–H groups in total. The third kappa shape index (κ3) is 4.54. The van der Waals surface area contributed by atoms with E-state index in [2.05, 4.69) is 20.5 Å². The summed E-state index contributed by atoms with van der Waals surface area (Å²) in [4.78, 5) is 6.47. The van der Waals surface area contributed by atoms with E-state index >= 15 is 8.78 Å². The fourth-order valence-corrected chi connectivity index (χ4v) is 6.53. The Labute approximate surface area is 205 Å². The van der Waals surface area contributed by atoms with Gasteiger partial charge < -0.3 is 5.32 Å². The number of halogens is 6. The Morgan fingerprint density at radius 1 is 1.17 bits per heavy atom. The SMILES string of the molecule is C[C@H]1CN=C2N=NCC23C=C[C@H](c2c(F)cc(NC4CN(CCCF)C4)cc2F)C(CC(F)(F)F)C13. The number of anilines is 1. The highest BCUT2D eigenvalue weighted by molar-refractivity contribution is 5.93. The minimum absolute atomic E-state index is 0.0302. The molecule has 0 bridgehead atoms. The van der Waals surface area contributed by atoms with Crippen LogP contribution in [-0.2, 0) is 0 Å². The summed E-state index contributed by atoms with van der Waals surface area (Å²) in [5, 5.41) is 11.2. The van der Waals surface area contributed by atoms with Gasteiger partial charge in [-0.2, -0.15) is 18.3 Å². The lowest BCUT2D eigenvalue weighted by Crippen LogP contribution is -2.54. The van der Waals surface area contributed by atoms with E-state index in [1.807, 2.05) is 11.8 Å². The third-order valence-electron chi connectivity index (χ3n) is 7.99. The Morgan fingerprint density at radius 2 is 1.89 bits per heavy atom. The Hall–Kier alpha value is -2.43. The molecule has 3 heterocycles. The van der Waals surface area contributed by atoms with Crippen LogP contribution < -0.4 is 5.32 Å². The number of likely N-dealkylation sites (tertiary alicyclic amines) is 1. The first-order chi connectivity index (χ1) is 17.1. The van der Waals surface area contributed by atoms with Crippen molar-refractivity contribution in [2.75, 3.05) is 44.7 Å². The van der Waals surface area contributed by atoms with Gasteiger partial charge in [-0.05, 0) is 36.3 Å². The zero-order chi connectivity index (χ0) is 25.7. The van der Waals surface area contributed by atoms with Crippen molar-refractivity contribution in [3.05, 3.63) is 41.5 Å². The molecule has 5 nitrogen and oxygen atoms in total. The second-order valence-corrected chi connectivity index (χ2v) is 10.5. The molecule has 0 saturated carbocycles. The van der Waals surface area contributed by atoms with Crippen LogP contribution in [0.2, 0.25) is 0 Å². The number of aliphatic imine (C=N–C) groups is 1. The van der Waals surface area contributed by atoms with Crippen LogP contribution in [0.3, 0.4) is 0 Å². The highest BCUT2D eigenvalue weighted by Crippen LogP contribution is 2.57. The van der Waals surface area contributed by atoms with Crippen molar-refractivity contribution in [3.8, 4) is 0 Å². The highest BCUT2D eigenvalue weighted by atomic mass is 19.4. The van der Waals surface area contributed by atoms with Crippen molar-refractivity contribution in [2.45, 2.75) is 37.9 Å². The minimum Gasteiger partial charge on any atom is -0.380 e. The molecule has 5 rings (SSSR count). The zero-order valence-corrected chi connectivity index (χ0v) is 19.9. The Balaban J connectivity index is 1.43. The Morgan fingerprint density at radius 3 is 2.56 bits per heavy atom. The second-order valence-electron chi connectivity index (χ2n) is 10.5. The van der Waals surface area contributed by atoms with E-state index in [0.717, 1.165) is 12.1 Å². The summed E-state index contributed by atoms with van der Waals surface area (Å²) in [7, 11) is 0. The number of amidine groups is 1. The molecule has 11 heteroatoms. The predicted octanol–water partition coefficient (Wildman–Crippen LogP) is 5.76. The molecular formula is C25H29F6N5. The first-order valence-corrected chi connectivity index (χ1v) is 12.3. The van der Waals surface area contributed by atoms with E-state index in [1.165, 1.54) is 6.08 Å². The van der Waals surface area contributed by atoms with Gasteiger partial charge in [0, 0.05) is 49.8 Å². The first kappa shape index (κ1) is 25.2. The maximum absolute atomic E-state index is 15.4. The quantitative estimate of drug-likeness (QED) is 0.372. The van der Waals surface area contributed by atoms with Crippen LogP contribution in [0.5, 0.6) is 0 Å². The van der Waals surface area contributed by atoms with Crippen LogP contribution in [0.15, 0.2) is 39.5 Å². The number of nitrogens with zero attached hydrogens (tertiary/aromatic N) is 4. The molecule has 3 aliphatic heterocycles. The van der Waals surface area contributed by atoms with Crippen molar-refractivity contribution < 1.29 is 26.3 Å². The van der Waals surface area contributed by atoms with Gasteiger partial charge >= 0.3 is 6.18 Å². The van der Waals surface area contributed by atoms with E-state index in [9.17, 15) is 17.6 Å². The third-order valence-corrected chi connectivity index (χ3v) is 7.99. The molecule has 4 aliphatic rings. The van der Waals surface area contributed by atoms with E-state index in [1.54, 1.807) is 6.08 Å². The van der Waals surface area contributed by atoms with E-state index in [0.29, 0.717) is 38.4 Å². The maximum Gasteiger partial charge on any atom is 0.389 e. The summed E-state index contributed by atoms with van der Waals surface area (Å²) in [6.45, 7) is 3.81. The van der Waals surface area contributed by atoms with Crippen molar-refractivity contribution in [3.63, 3.8) is 0 Å². The topological polar surface area (TPSA) is 52.4 Å². The number of hydrogen-bond acceptors (Lipinski definition) is 5. The van der Waals surface area contributed by atoms with Crippen molar-refractivity contribution in [1.82, 2.24) is 4.90 Å². The number of alkyl halides is 4. The molecule has 1 aliphatic carbocycles. The Kier molecular flexibility index (Phi) is 6.63. The second kappa shape index (κ2) is 9.46. The van der Waals surface area contributed by atoms with Gasteiger partial charge in [-0.3, -0.25) is 14.3 Å². The van der Waals surface area contributed by atoms with Crippen molar-refractivity contribution in [2.24, 2.45) is 38.4 Å². The molecule has 1 fully saturated rings. The van der Waals surface area contributed by atoms with Gasteiger partial charge in [-0.1, -0.05) is 19.1 Å². The molecule has 36 heavy (non-hydrogen) atoms. The van der Waals surface area contributed by atoms with Crippen molar-refractivity contribution >= 4 is 11.5 Å². The van der Waals surface area contributed by atoms with Gasteiger partial charge in [0.05, 0.1) is 24.7 Å². The maximum atomic E-state index is 15.4. The standard InChI is InChI=1S/C25H29F6N5/c1-14-10-32-23-24(13-33-35-23)4-3-17(18(22(14)24)9-25(29,30)31)21-19(27)7-15(8-20(21)28)34-16-11-36(12-16)6-2-5-26/h3-4,7-8,14,16-18,22,34H,2,5-6,9-13H2,1H3/t14-,17-,18?,22?,24?/m0/s1. The van der Waals surface area contributed by atoms with Crippen LogP contribution in [0.25, 0.3) is 0 Å². The Bertz CT molecular complexity index is 1060. The van der Waals surface area contributed by atoms with Crippen LogP contribution in [-0.4, -0.2) is 62.4 Å². The number of rotatable bonds is 7. The molecule has 1 spiro atoms. The number of hydrogen-bond donors (Lipinski definition) is 1. The van der Waals surface area contributed by atoms with Gasteiger partial charge in [0.2, 0.25) is 0 Å². The average Bonchev–Trinajstić information content (AvgIpc) is 3.18. The lowest BCUT2D eigenvalue weighted by molar-refractivity contribution is -0.154. The van der Waals surface area contributed by atoms with Crippen LogP contribution in [0.4, 0.5) is 32.0 Å². The molecule has 0 amide bonds.